The van der Waals surface area contributed by atoms with Crippen molar-refractivity contribution >= 4 is 27.5 Å². The Hall–Kier alpha value is -0.770. The van der Waals surface area contributed by atoms with Crippen LogP contribution >= 0.6 is 27.5 Å². The summed E-state index contributed by atoms with van der Waals surface area (Å²) in [6, 6.07) is 11.0. The van der Waals surface area contributed by atoms with Gasteiger partial charge in [0.1, 0.15) is 11.9 Å². The van der Waals surface area contributed by atoms with Gasteiger partial charge in [0.2, 0.25) is 0 Å². The maximum atomic E-state index is 9.94. The van der Waals surface area contributed by atoms with E-state index in [4.69, 9.17) is 16.0 Å². The zero-order valence-electron chi connectivity index (χ0n) is 8.36. The number of furan rings is 1. The van der Waals surface area contributed by atoms with Crippen molar-refractivity contribution in [3.05, 3.63) is 57.4 Å². The third-order valence-electron chi connectivity index (χ3n) is 2.29. The molecule has 0 spiro atoms. The standard InChI is InChI=1S/C12H10BrClO2/c13-12-6-5-11(16-12)10(15)7-8-3-1-2-4-9(8)14/h1-6,10,15H,7H2/t10-/m1/s1. The van der Waals surface area contributed by atoms with Crippen LogP contribution in [0.15, 0.2) is 45.5 Å². The molecule has 0 fully saturated rings. The van der Waals surface area contributed by atoms with Gasteiger partial charge in [-0.3, -0.25) is 0 Å². The zero-order chi connectivity index (χ0) is 11.5. The first-order valence-electron chi connectivity index (χ1n) is 4.83. The van der Waals surface area contributed by atoms with Crippen molar-refractivity contribution in [1.82, 2.24) is 0 Å². The predicted molar refractivity (Wildman–Crippen MR) is 66.5 cm³/mol. The van der Waals surface area contributed by atoms with Crippen LogP contribution in [-0.2, 0) is 6.42 Å². The highest BCUT2D eigenvalue weighted by Gasteiger charge is 2.13. The van der Waals surface area contributed by atoms with Crippen molar-refractivity contribution < 1.29 is 9.52 Å². The second kappa shape index (κ2) is 5.04. The van der Waals surface area contributed by atoms with Gasteiger partial charge in [-0.25, -0.2) is 0 Å². The van der Waals surface area contributed by atoms with Crippen LogP contribution in [0.5, 0.6) is 0 Å². The fourth-order valence-corrected chi connectivity index (χ4v) is 2.01. The molecule has 0 aliphatic rings. The Bertz CT molecular complexity index is 481. The molecule has 0 aliphatic heterocycles. The van der Waals surface area contributed by atoms with E-state index in [1.807, 2.05) is 24.3 Å². The van der Waals surface area contributed by atoms with Crippen molar-refractivity contribution in [3.63, 3.8) is 0 Å². The Morgan fingerprint density at radius 1 is 1.25 bits per heavy atom. The lowest BCUT2D eigenvalue weighted by molar-refractivity contribution is 0.149. The van der Waals surface area contributed by atoms with Gasteiger partial charge in [-0.1, -0.05) is 29.8 Å². The molecule has 0 bridgehead atoms. The van der Waals surface area contributed by atoms with Gasteiger partial charge in [-0.15, -0.1) is 0 Å². The second-order valence-electron chi connectivity index (χ2n) is 3.45. The molecule has 2 rings (SSSR count). The molecule has 0 saturated carbocycles. The first kappa shape index (κ1) is 11.7. The number of hydrogen-bond donors (Lipinski definition) is 1. The number of hydrogen-bond acceptors (Lipinski definition) is 2. The van der Waals surface area contributed by atoms with Crippen molar-refractivity contribution in [2.75, 3.05) is 0 Å². The maximum absolute atomic E-state index is 9.94. The lowest BCUT2D eigenvalue weighted by atomic mass is 10.1. The molecule has 2 nitrogen and oxygen atoms in total. The maximum Gasteiger partial charge on any atom is 0.169 e. The van der Waals surface area contributed by atoms with Crippen molar-refractivity contribution in [2.45, 2.75) is 12.5 Å². The molecule has 1 atom stereocenters. The Morgan fingerprint density at radius 2 is 2.00 bits per heavy atom. The van der Waals surface area contributed by atoms with Crippen LogP contribution in [0.4, 0.5) is 0 Å². The van der Waals surface area contributed by atoms with Crippen LogP contribution in [0.3, 0.4) is 0 Å². The third-order valence-corrected chi connectivity index (χ3v) is 3.09. The summed E-state index contributed by atoms with van der Waals surface area (Å²) in [6.45, 7) is 0. The molecule has 0 radical (unpaired) electrons. The fourth-order valence-electron chi connectivity index (χ4n) is 1.48. The molecule has 1 heterocycles. The highest BCUT2D eigenvalue weighted by atomic mass is 79.9. The summed E-state index contributed by atoms with van der Waals surface area (Å²) in [7, 11) is 0. The largest absolute Gasteiger partial charge is 0.452 e. The average molecular weight is 302 g/mol. The Morgan fingerprint density at radius 3 is 2.62 bits per heavy atom. The Kier molecular flexibility index (Phi) is 3.69. The summed E-state index contributed by atoms with van der Waals surface area (Å²) >= 11 is 9.21. The summed E-state index contributed by atoms with van der Waals surface area (Å²) in [6.07, 6.45) is -0.231. The van der Waals surface area contributed by atoms with Crippen molar-refractivity contribution in [1.29, 1.82) is 0 Å². The van der Waals surface area contributed by atoms with E-state index in [1.165, 1.54) is 0 Å². The number of aliphatic hydroxyl groups excluding tert-OH is 1. The molecule has 0 amide bonds. The highest BCUT2D eigenvalue weighted by molar-refractivity contribution is 9.10. The Balaban J connectivity index is 2.13. The highest BCUT2D eigenvalue weighted by Crippen LogP contribution is 2.26. The number of halogens is 2. The SMILES string of the molecule is O[C@H](Cc1ccccc1Cl)c1ccc(Br)o1. The van der Waals surface area contributed by atoms with Crippen LogP contribution < -0.4 is 0 Å². The molecule has 84 valence electrons. The van der Waals surface area contributed by atoms with E-state index in [2.05, 4.69) is 15.9 Å². The van der Waals surface area contributed by atoms with E-state index >= 15 is 0 Å². The molecule has 16 heavy (non-hydrogen) atoms. The van der Waals surface area contributed by atoms with Crippen LogP contribution in [0, 0.1) is 0 Å². The van der Waals surface area contributed by atoms with Gasteiger partial charge in [0.25, 0.3) is 0 Å². The predicted octanol–water partition coefficient (Wildman–Crippen LogP) is 3.97. The average Bonchev–Trinajstić information content (AvgIpc) is 2.68. The monoisotopic (exact) mass is 300 g/mol. The van der Waals surface area contributed by atoms with E-state index in [0.29, 0.717) is 21.9 Å². The van der Waals surface area contributed by atoms with Gasteiger partial charge in [0, 0.05) is 11.4 Å². The first-order chi connectivity index (χ1) is 7.66. The van der Waals surface area contributed by atoms with Gasteiger partial charge >= 0.3 is 0 Å². The van der Waals surface area contributed by atoms with E-state index < -0.39 is 6.10 Å². The smallest absolute Gasteiger partial charge is 0.169 e. The summed E-state index contributed by atoms with van der Waals surface area (Å²) in [5.41, 5.74) is 0.907. The normalized spacial score (nSPS) is 12.7. The summed E-state index contributed by atoms with van der Waals surface area (Å²) in [4.78, 5) is 0. The molecule has 1 aromatic heterocycles. The van der Waals surface area contributed by atoms with E-state index in [0.717, 1.165) is 5.56 Å². The molecule has 1 N–H and O–H groups in total. The van der Waals surface area contributed by atoms with Gasteiger partial charge in [0.15, 0.2) is 4.67 Å². The number of rotatable bonds is 3. The molecule has 0 unspecified atom stereocenters. The second-order valence-corrected chi connectivity index (χ2v) is 4.64. The summed E-state index contributed by atoms with van der Waals surface area (Å²) < 4.78 is 5.89. The molecule has 4 heteroatoms. The molecular formula is C12H10BrClO2. The minimum absolute atomic E-state index is 0.444. The van der Waals surface area contributed by atoms with Gasteiger partial charge in [-0.2, -0.15) is 0 Å². The topological polar surface area (TPSA) is 33.4 Å². The van der Waals surface area contributed by atoms with E-state index in [1.54, 1.807) is 12.1 Å². The first-order valence-corrected chi connectivity index (χ1v) is 6.00. The van der Waals surface area contributed by atoms with E-state index in [-0.39, 0.29) is 0 Å². The van der Waals surface area contributed by atoms with Gasteiger partial charge in [0.05, 0.1) is 0 Å². The molecule has 1 aromatic carbocycles. The fraction of sp³-hybridized carbons (Fsp3) is 0.167. The van der Waals surface area contributed by atoms with Crippen molar-refractivity contribution in [2.24, 2.45) is 0 Å². The van der Waals surface area contributed by atoms with Crippen LogP contribution in [-0.4, -0.2) is 5.11 Å². The van der Waals surface area contributed by atoms with E-state index in [9.17, 15) is 5.11 Å². The van der Waals surface area contributed by atoms with Gasteiger partial charge < -0.3 is 9.52 Å². The van der Waals surface area contributed by atoms with Crippen LogP contribution in [0.1, 0.15) is 17.4 Å². The summed E-state index contributed by atoms with van der Waals surface area (Å²) in [5.74, 6) is 0.534. The lowest BCUT2D eigenvalue weighted by Crippen LogP contribution is -2.00. The van der Waals surface area contributed by atoms with Crippen LogP contribution in [0.25, 0.3) is 0 Å². The number of aliphatic hydroxyl groups is 1. The number of benzene rings is 1. The third kappa shape index (κ3) is 2.67. The lowest BCUT2D eigenvalue weighted by Gasteiger charge is -2.08. The summed E-state index contributed by atoms with van der Waals surface area (Å²) in [5, 5.41) is 10.6. The zero-order valence-corrected chi connectivity index (χ0v) is 10.7. The molecule has 2 aromatic rings. The molecular weight excluding hydrogens is 291 g/mol. The van der Waals surface area contributed by atoms with Crippen molar-refractivity contribution in [3.8, 4) is 0 Å². The Labute approximate surface area is 107 Å². The van der Waals surface area contributed by atoms with Gasteiger partial charge in [-0.05, 0) is 39.7 Å². The molecule has 0 saturated heterocycles. The quantitative estimate of drug-likeness (QED) is 0.930. The minimum atomic E-state index is -0.675. The molecule has 0 aliphatic carbocycles. The van der Waals surface area contributed by atoms with Crippen LogP contribution in [0.2, 0.25) is 5.02 Å². The minimum Gasteiger partial charge on any atom is -0.452 e.